The number of rotatable bonds is 4. The second kappa shape index (κ2) is 7.51. The minimum Gasteiger partial charge on any atom is -0.353 e. The van der Waals surface area contributed by atoms with Crippen LogP contribution in [0.5, 0.6) is 0 Å². The molecule has 0 atom stereocenters. The van der Waals surface area contributed by atoms with Crippen LogP contribution in [0.1, 0.15) is 28.7 Å². The van der Waals surface area contributed by atoms with E-state index in [4.69, 9.17) is 0 Å². The number of nitrogens with one attached hydrogen (secondary N) is 3. The zero-order valence-corrected chi connectivity index (χ0v) is 18.2. The lowest BCUT2D eigenvalue weighted by atomic mass is 10.0. The lowest BCUT2D eigenvalue weighted by Gasteiger charge is -2.13. The van der Waals surface area contributed by atoms with Crippen molar-refractivity contribution in [3.05, 3.63) is 59.4 Å². The Morgan fingerprint density at radius 2 is 1.97 bits per heavy atom. The molecule has 3 N–H and O–H groups in total. The van der Waals surface area contributed by atoms with E-state index in [0.29, 0.717) is 0 Å². The monoisotopic (exact) mass is 440 g/mol. The number of nitrogens with zero attached hydrogens (tertiary/aromatic N) is 3. The van der Waals surface area contributed by atoms with Crippen LogP contribution in [0.4, 0.5) is 0 Å². The summed E-state index contributed by atoms with van der Waals surface area (Å²) in [5, 5.41) is 13.1. The molecule has 0 amide bonds. The fourth-order valence-electron chi connectivity index (χ4n) is 4.18. The van der Waals surface area contributed by atoms with E-state index in [0.717, 1.165) is 73.8 Å². The highest BCUT2D eigenvalue weighted by molar-refractivity contribution is 7.17. The molecular formula is C24H20N6OS. The number of hydrogen-bond donors (Lipinski definition) is 3. The van der Waals surface area contributed by atoms with Gasteiger partial charge in [0.1, 0.15) is 5.69 Å². The molecule has 0 unspecified atom stereocenters. The highest BCUT2D eigenvalue weighted by Gasteiger charge is 2.17. The summed E-state index contributed by atoms with van der Waals surface area (Å²) >= 11 is 1.47. The zero-order valence-electron chi connectivity index (χ0n) is 17.4. The number of aromatic nitrogens is 5. The van der Waals surface area contributed by atoms with Gasteiger partial charge in [0.05, 0.1) is 38.5 Å². The normalized spacial score (nSPS) is 14.2. The number of H-pyrrole nitrogens is 2. The molecule has 32 heavy (non-hydrogen) atoms. The van der Waals surface area contributed by atoms with Crippen molar-refractivity contribution in [2.45, 2.75) is 13.3 Å². The van der Waals surface area contributed by atoms with Crippen molar-refractivity contribution in [3.8, 4) is 22.0 Å². The lowest BCUT2D eigenvalue weighted by molar-refractivity contribution is 0.102. The average molecular weight is 441 g/mol. The number of carbonyl (C=O) groups excluding carboxylic acids is 1. The molecule has 8 heteroatoms. The minimum absolute atomic E-state index is 0.0689. The molecule has 0 saturated heterocycles. The first kappa shape index (κ1) is 19.1. The molecule has 6 rings (SSSR count). The third-order valence-electron chi connectivity index (χ3n) is 5.83. The summed E-state index contributed by atoms with van der Waals surface area (Å²) in [5.74, 6) is 0.0689. The molecule has 5 aromatic rings. The SMILES string of the molecule is CC(=O)c1ccc(-c2nccc3[nH]c(-c4n[nH]c5cnc(C6=CCNCC6)cc45)cc23)s1. The number of hydrogen-bond acceptors (Lipinski definition) is 6. The van der Waals surface area contributed by atoms with Gasteiger partial charge in [0.15, 0.2) is 5.78 Å². The highest BCUT2D eigenvalue weighted by atomic mass is 32.1. The molecule has 0 spiro atoms. The Kier molecular flexibility index (Phi) is 4.48. The molecule has 1 aliphatic heterocycles. The summed E-state index contributed by atoms with van der Waals surface area (Å²) in [7, 11) is 0. The molecular weight excluding hydrogens is 420 g/mol. The Hall–Kier alpha value is -3.62. The number of thiophene rings is 1. The van der Waals surface area contributed by atoms with E-state index in [-0.39, 0.29) is 5.78 Å². The molecule has 0 aromatic carbocycles. The van der Waals surface area contributed by atoms with Crippen molar-refractivity contribution in [1.82, 2.24) is 30.5 Å². The lowest BCUT2D eigenvalue weighted by Crippen LogP contribution is -2.20. The van der Waals surface area contributed by atoms with Gasteiger partial charge in [-0.05, 0) is 55.8 Å². The Bertz CT molecular complexity index is 1520. The van der Waals surface area contributed by atoms with E-state index in [1.165, 1.54) is 16.9 Å². The van der Waals surface area contributed by atoms with Crippen molar-refractivity contribution < 1.29 is 4.79 Å². The fourth-order valence-corrected chi connectivity index (χ4v) is 5.10. The summed E-state index contributed by atoms with van der Waals surface area (Å²) < 4.78 is 0. The number of carbonyl (C=O) groups is 1. The molecule has 6 heterocycles. The maximum absolute atomic E-state index is 11.7. The van der Waals surface area contributed by atoms with Gasteiger partial charge in [0.2, 0.25) is 0 Å². The van der Waals surface area contributed by atoms with Crippen LogP contribution in [0.2, 0.25) is 0 Å². The molecule has 1 aliphatic rings. The van der Waals surface area contributed by atoms with Gasteiger partial charge in [-0.25, -0.2) is 0 Å². The second-order valence-electron chi connectivity index (χ2n) is 7.89. The first-order chi connectivity index (χ1) is 15.7. The van der Waals surface area contributed by atoms with E-state index in [1.807, 2.05) is 24.4 Å². The first-order valence-electron chi connectivity index (χ1n) is 10.5. The van der Waals surface area contributed by atoms with Crippen LogP contribution in [0.3, 0.4) is 0 Å². The van der Waals surface area contributed by atoms with Crippen LogP contribution in [0.25, 0.3) is 49.3 Å². The number of ketones is 1. The van der Waals surface area contributed by atoms with Gasteiger partial charge in [-0.1, -0.05) is 6.08 Å². The van der Waals surface area contributed by atoms with E-state index in [1.54, 1.807) is 13.1 Å². The van der Waals surface area contributed by atoms with Gasteiger partial charge < -0.3 is 10.3 Å². The smallest absolute Gasteiger partial charge is 0.169 e. The van der Waals surface area contributed by atoms with E-state index in [9.17, 15) is 4.79 Å². The van der Waals surface area contributed by atoms with Crippen LogP contribution >= 0.6 is 11.3 Å². The summed E-state index contributed by atoms with van der Waals surface area (Å²) in [6, 6.07) is 9.99. The molecule has 0 fully saturated rings. The predicted molar refractivity (Wildman–Crippen MR) is 128 cm³/mol. The van der Waals surface area contributed by atoms with Crippen molar-refractivity contribution >= 4 is 44.5 Å². The third kappa shape index (κ3) is 3.16. The van der Waals surface area contributed by atoms with Crippen LogP contribution in [0, 0.1) is 0 Å². The second-order valence-corrected chi connectivity index (χ2v) is 8.98. The van der Waals surface area contributed by atoms with Gasteiger partial charge in [-0.15, -0.1) is 11.3 Å². The summed E-state index contributed by atoms with van der Waals surface area (Å²) in [6.07, 6.45) is 6.82. The maximum Gasteiger partial charge on any atom is 0.169 e. The molecule has 5 aromatic heterocycles. The number of pyridine rings is 2. The topological polar surface area (TPSA) is 99.4 Å². The van der Waals surface area contributed by atoms with E-state index < -0.39 is 0 Å². The summed E-state index contributed by atoms with van der Waals surface area (Å²) in [4.78, 5) is 26.2. The molecule has 0 saturated carbocycles. The number of Topliss-reactive ketones (excluding diaryl/α,β-unsaturated/α-hetero) is 1. The van der Waals surface area contributed by atoms with Crippen LogP contribution in [-0.2, 0) is 0 Å². The summed E-state index contributed by atoms with van der Waals surface area (Å²) in [5.41, 5.74) is 6.78. The molecule has 0 radical (unpaired) electrons. The predicted octanol–water partition coefficient (Wildman–Crippen LogP) is 4.81. The fraction of sp³-hybridized carbons (Fsp3) is 0.167. The highest BCUT2D eigenvalue weighted by Crippen LogP contribution is 2.36. The van der Waals surface area contributed by atoms with Crippen molar-refractivity contribution in [3.63, 3.8) is 0 Å². The Balaban J connectivity index is 1.47. The number of fused-ring (bicyclic) bond motifs is 2. The number of aromatic amines is 2. The van der Waals surface area contributed by atoms with Gasteiger partial charge in [-0.2, -0.15) is 5.10 Å². The van der Waals surface area contributed by atoms with Crippen LogP contribution in [0.15, 0.2) is 48.8 Å². The maximum atomic E-state index is 11.7. The Morgan fingerprint density at radius 3 is 2.78 bits per heavy atom. The standard InChI is InChI=1S/C24H20N6OS/c1-13(31)21-2-3-22(32-21)24-15-11-19(28-17(15)6-9-26-24)23-16-10-18(14-4-7-25-8-5-14)27-12-20(16)29-30-23/h2-4,6,9-12,25,28H,5,7-8H2,1H3,(H,29,30). The van der Waals surface area contributed by atoms with E-state index in [2.05, 4.69) is 48.7 Å². The first-order valence-corrected chi connectivity index (χ1v) is 11.3. The molecule has 0 bridgehead atoms. The molecule has 158 valence electrons. The summed E-state index contributed by atoms with van der Waals surface area (Å²) in [6.45, 7) is 3.43. The third-order valence-corrected chi connectivity index (χ3v) is 7.02. The van der Waals surface area contributed by atoms with Crippen molar-refractivity contribution in [2.75, 3.05) is 13.1 Å². The van der Waals surface area contributed by atoms with Gasteiger partial charge in [-0.3, -0.25) is 19.9 Å². The van der Waals surface area contributed by atoms with Crippen LogP contribution < -0.4 is 5.32 Å². The van der Waals surface area contributed by atoms with Gasteiger partial charge in [0.25, 0.3) is 0 Å². The van der Waals surface area contributed by atoms with Crippen molar-refractivity contribution in [2.24, 2.45) is 0 Å². The average Bonchev–Trinajstić information content (AvgIpc) is 3.56. The van der Waals surface area contributed by atoms with Gasteiger partial charge >= 0.3 is 0 Å². The minimum atomic E-state index is 0.0689. The largest absolute Gasteiger partial charge is 0.353 e. The zero-order chi connectivity index (χ0) is 21.7. The Morgan fingerprint density at radius 1 is 1.06 bits per heavy atom. The molecule has 0 aliphatic carbocycles. The van der Waals surface area contributed by atoms with E-state index >= 15 is 0 Å². The molecule has 7 nitrogen and oxygen atoms in total. The quantitative estimate of drug-likeness (QED) is 0.348. The van der Waals surface area contributed by atoms with Crippen molar-refractivity contribution in [1.29, 1.82) is 0 Å². The Labute approximate surface area is 187 Å². The van der Waals surface area contributed by atoms with Crippen LogP contribution in [-0.4, -0.2) is 44.0 Å². The van der Waals surface area contributed by atoms with Gasteiger partial charge in [0, 0.05) is 29.0 Å².